The van der Waals surface area contributed by atoms with Gasteiger partial charge < -0.3 is 14.7 Å². The fourth-order valence-electron chi connectivity index (χ4n) is 5.77. The van der Waals surface area contributed by atoms with Crippen molar-refractivity contribution < 1.29 is 21.5 Å². The number of ether oxygens (including phenoxy) is 1. The summed E-state index contributed by atoms with van der Waals surface area (Å²) >= 11 is 0. The highest BCUT2D eigenvalue weighted by Crippen LogP contribution is 2.60. The number of nitrogens with zero attached hydrogens (tertiary/aromatic N) is 1. The molecule has 1 aromatic rings. The number of aryl methyl sites for hydroxylation is 1. The third-order valence-electron chi connectivity index (χ3n) is 6.97. The molecule has 0 saturated heterocycles. The number of rotatable bonds is 3. The van der Waals surface area contributed by atoms with Crippen LogP contribution in [0, 0.1) is 17.3 Å². The molecule has 0 radical (unpaired) electrons. The van der Waals surface area contributed by atoms with Gasteiger partial charge in [0.25, 0.3) is 0 Å². The number of aromatic hydroxyl groups is 1. The Morgan fingerprint density at radius 2 is 2.24 bits per heavy atom. The molecule has 4 heteroatoms. The normalized spacial score (nSPS) is 39.0. The topological polar surface area (TPSA) is 51.0 Å². The lowest BCUT2D eigenvalue weighted by Gasteiger charge is -2.49. The zero-order valence-electron chi connectivity index (χ0n) is 19.8. The molecule has 0 bridgehead atoms. The first-order valence-corrected chi connectivity index (χ1v) is 9.13. The number of methoxy groups -OCH3 is 1. The number of hydrogen-bond donors (Lipinski definition) is 1. The van der Waals surface area contributed by atoms with Crippen LogP contribution in [0.15, 0.2) is 17.3 Å². The minimum Gasteiger partial charge on any atom is -0.504 e. The van der Waals surface area contributed by atoms with E-state index in [2.05, 4.69) is 12.1 Å². The fourth-order valence-corrected chi connectivity index (χ4v) is 5.77. The van der Waals surface area contributed by atoms with Gasteiger partial charge >= 0.3 is 0 Å². The molecule has 4 nitrogen and oxygen atoms in total. The lowest BCUT2D eigenvalue weighted by molar-refractivity contribution is 0.0900. The van der Waals surface area contributed by atoms with E-state index in [9.17, 15) is 5.11 Å². The summed E-state index contributed by atoms with van der Waals surface area (Å²) in [5, 5.41) is 14.2. The Morgan fingerprint density at radius 3 is 3.04 bits per heavy atom. The van der Waals surface area contributed by atoms with Crippen LogP contribution in [0.1, 0.15) is 69.8 Å². The molecule has 4 atom stereocenters. The molecule has 3 aliphatic carbocycles. The Bertz CT molecular complexity index is 869. The molecule has 0 unspecified atom stereocenters. The van der Waals surface area contributed by atoms with Gasteiger partial charge in [-0.2, -0.15) is 0 Å². The summed E-state index contributed by atoms with van der Waals surface area (Å²) in [4.78, 5) is 4.94. The van der Waals surface area contributed by atoms with E-state index in [1.807, 2.05) is 12.1 Å². The molecule has 0 aromatic heterocycles. The highest BCUT2D eigenvalue weighted by atomic mass is 16.6. The fraction of sp³-hybridized carbons (Fsp3) is 0.667. The Balaban J connectivity index is 1.59. The third kappa shape index (κ3) is 2.52. The van der Waals surface area contributed by atoms with Crippen molar-refractivity contribution in [1.82, 2.24) is 0 Å². The van der Waals surface area contributed by atoms with Gasteiger partial charge in [0.05, 0.1) is 15.6 Å². The van der Waals surface area contributed by atoms with Crippen LogP contribution in [0.5, 0.6) is 11.5 Å². The van der Waals surface area contributed by atoms with Crippen molar-refractivity contribution in [3.8, 4) is 11.5 Å². The summed E-state index contributed by atoms with van der Waals surface area (Å²) < 4.78 is 42.6. The summed E-state index contributed by atoms with van der Waals surface area (Å²) in [6.07, 6.45) is 5.44. The van der Waals surface area contributed by atoms with Gasteiger partial charge in [0.2, 0.25) is 0 Å². The first-order valence-electron chi connectivity index (χ1n) is 11.6. The minimum absolute atomic E-state index is 0.186. The van der Waals surface area contributed by atoms with E-state index < -0.39 is 13.4 Å². The van der Waals surface area contributed by atoms with Crippen molar-refractivity contribution in [3.63, 3.8) is 0 Å². The zero-order chi connectivity index (χ0) is 21.9. The monoisotopic (exact) mass is 348 g/mol. The molecule has 1 aromatic carbocycles. The molecule has 2 fully saturated rings. The number of hydrogen-bond acceptors (Lipinski definition) is 4. The minimum atomic E-state index is -2.88. The van der Waals surface area contributed by atoms with Crippen molar-refractivity contribution in [2.45, 2.75) is 58.2 Å². The van der Waals surface area contributed by atoms with Gasteiger partial charge in [-0.3, -0.25) is 0 Å². The molecule has 0 heterocycles. The predicted molar refractivity (Wildman–Crippen MR) is 98.3 cm³/mol. The number of fused-ring (bicyclic) bond motifs is 5. The lowest BCUT2D eigenvalue weighted by Crippen LogP contribution is -2.42. The Morgan fingerprint density at radius 1 is 1.36 bits per heavy atom. The van der Waals surface area contributed by atoms with Gasteiger partial charge in [0.1, 0.15) is 6.56 Å². The van der Waals surface area contributed by atoms with E-state index >= 15 is 0 Å². The molecule has 0 amide bonds. The summed E-state index contributed by atoms with van der Waals surface area (Å²) in [6, 6.07) is 3.83. The molecule has 3 aliphatic rings. The number of benzene rings is 1. The summed E-state index contributed by atoms with van der Waals surface area (Å²) in [5.74, 6) is 1.96. The number of oxime groups is 1. The smallest absolute Gasteiger partial charge is 0.160 e. The molecular formula is C21H29NO3. The number of phenolic OH excluding ortho intramolecular Hbond substituents is 1. The Kier molecular flexibility index (Phi) is 2.94. The summed E-state index contributed by atoms with van der Waals surface area (Å²) in [7, 11) is 1.57. The van der Waals surface area contributed by atoms with Gasteiger partial charge in [-0.25, -0.2) is 0 Å². The van der Waals surface area contributed by atoms with Gasteiger partial charge in [0.15, 0.2) is 11.5 Å². The van der Waals surface area contributed by atoms with Crippen LogP contribution in [0.25, 0.3) is 0 Å². The molecule has 2 saturated carbocycles. The average Bonchev–Trinajstić information content (AvgIpc) is 3.01. The van der Waals surface area contributed by atoms with E-state index in [1.165, 1.54) is 11.1 Å². The molecule has 136 valence electrons. The van der Waals surface area contributed by atoms with Gasteiger partial charge in [-0.15, -0.1) is 0 Å². The Hall–Kier alpha value is -1.71. The SMILES string of the molecule is [2H]C([2H])([2H])C([2H])([2H])O/N=C1/CC[C@H]2[C@@H]3CCc4cc(O)c(OC)cc4[C@H]3CC[C@]12C. The van der Waals surface area contributed by atoms with E-state index in [0.717, 1.165) is 37.8 Å². The third-order valence-corrected chi connectivity index (χ3v) is 6.97. The van der Waals surface area contributed by atoms with E-state index in [4.69, 9.17) is 16.4 Å². The molecule has 1 N–H and O–H groups in total. The van der Waals surface area contributed by atoms with Crippen molar-refractivity contribution in [2.24, 2.45) is 22.4 Å². The molecule has 25 heavy (non-hydrogen) atoms. The number of phenols is 1. The molecule has 0 spiro atoms. The largest absolute Gasteiger partial charge is 0.504 e. The van der Waals surface area contributed by atoms with E-state index in [1.54, 1.807) is 7.11 Å². The second-order valence-electron chi connectivity index (χ2n) is 7.86. The maximum absolute atomic E-state index is 10.1. The predicted octanol–water partition coefficient (Wildman–Crippen LogP) is 4.65. The molecule has 0 aliphatic heterocycles. The maximum atomic E-state index is 10.1. The highest BCUT2D eigenvalue weighted by Gasteiger charge is 2.53. The first kappa shape index (κ1) is 11.8. The molecular weight excluding hydrogens is 314 g/mol. The van der Waals surface area contributed by atoms with Crippen molar-refractivity contribution >= 4 is 5.71 Å². The van der Waals surface area contributed by atoms with Gasteiger partial charge in [0, 0.05) is 9.53 Å². The van der Waals surface area contributed by atoms with Crippen molar-refractivity contribution in [2.75, 3.05) is 13.7 Å². The van der Waals surface area contributed by atoms with Crippen LogP contribution in [0.4, 0.5) is 0 Å². The first-order chi connectivity index (χ1) is 14.0. The summed E-state index contributed by atoms with van der Waals surface area (Å²) in [6.45, 7) is -3.51. The van der Waals surface area contributed by atoms with Crippen LogP contribution >= 0.6 is 0 Å². The van der Waals surface area contributed by atoms with Gasteiger partial charge in [-0.1, -0.05) is 12.1 Å². The lowest BCUT2D eigenvalue weighted by atomic mass is 9.55. The van der Waals surface area contributed by atoms with Crippen molar-refractivity contribution in [1.29, 1.82) is 0 Å². The second-order valence-corrected chi connectivity index (χ2v) is 7.86. The molecule has 4 rings (SSSR count). The van der Waals surface area contributed by atoms with E-state index in [0.29, 0.717) is 29.9 Å². The highest BCUT2D eigenvalue weighted by molar-refractivity contribution is 5.92. The van der Waals surface area contributed by atoms with Crippen LogP contribution in [0.2, 0.25) is 0 Å². The standard InChI is InChI=1S/C21H29NO3/c1-4-25-22-20-8-7-17-15-6-5-13-11-18(23)19(24-3)12-16(13)14(15)9-10-21(17,20)2/h11-12,14-15,17,23H,4-10H2,1-3H3/b22-20-/t14-,15+,17-,21-/m0/s1/i1D3,4D2. The van der Waals surface area contributed by atoms with Crippen LogP contribution < -0.4 is 4.74 Å². The Labute approximate surface area is 157 Å². The van der Waals surface area contributed by atoms with Crippen LogP contribution in [0.3, 0.4) is 0 Å². The van der Waals surface area contributed by atoms with E-state index in [-0.39, 0.29) is 11.2 Å². The van der Waals surface area contributed by atoms with Crippen molar-refractivity contribution in [3.05, 3.63) is 23.3 Å². The second kappa shape index (κ2) is 6.22. The average molecular weight is 348 g/mol. The van der Waals surface area contributed by atoms with Crippen LogP contribution in [-0.4, -0.2) is 24.5 Å². The zero-order valence-corrected chi connectivity index (χ0v) is 14.8. The summed E-state index contributed by atoms with van der Waals surface area (Å²) in [5.41, 5.74) is 3.04. The quantitative estimate of drug-likeness (QED) is 0.809. The maximum Gasteiger partial charge on any atom is 0.160 e. The van der Waals surface area contributed by atoms with Gasteiger partial charge in [-0.05, 0) is 86.4 Å². The van der Waals surface area contributed by atoms with Crippen LogP contribution in [-0.2, 0) is 11.3 Å².